The average molecular weight is 344 g/mol. The molecule has 1 N–H and O–H groups in total. The van der Waals surface area contributed by atoms with Gasteiger partial charge in [0.2, 0.25) is 5.91 Å². The second-order valence-electron chi connectivity index (χ2n) is 5.67. The zero-order valence-electron chi connectivity index (χ0n) is 12.9. The Morgan fingerprint density at radius 3 is 2.59 bits per heavy atom. The molecule has 122 valence electrons. The van der Waals surface area contributed by atoms with Crippen molar-refractivity contribution < 1.29 is 4.79 Å². The molecule has 1 aliphatic heterocycles. The Labute approximate surface area is 142 Å². The third-order valence-electron chi connectivity index (χ3n) is 3.96. The van der Waals surface area contributed by atoms with Gasteiger partial charge in [0.1, 0.15) is 0 Å². The van der Waals surface area contributed by atoms with Crippen LogP contribution in [0.4, 0.5) is 0 Å². The standard InChI is InChI=1S/C16H23Cl2N3O/c1-20-8-10-21(11-9-20)16(22)5-7-19-6-4-13-2-3-14(17)12-15(13)18/h2-3,12,19H,4-11H2,1H3. The molecule has 0 bridgehead atoms. The summed E-state index contributed by atoms with van der Waals surface area (Å²) < 4.78 is 0. The summed E-state index contributed by atoms with van der Waals surface area (Å²) in [6.07, 6.45) is 1.39. The number of amides is 1. The molecule has 2 rings (SSSR count). The summed E-state index contributed by atoms with van der Waals surface area (Å²) >= 11 is 12.0. The van der Waals surface area contributed by atoms with Crippen molar-refractivity contribution in [3.05, 3.63) is 33.8 Å². The van der Waals surface area contributed by atoms with Crippen LogP contribution >= 0.6 is 23.2 Å². The van der Waals surface area contributed by atoms with E-state index in [0.717, 1.165) is 44.7 Å². The van der Waals surface area contributed by atoms with Gasteiger partial charge in [-0.05, 0) is 37.7 Å². The van der Waals surface area contributed by atoms with Gasteiger partial charge in [0.15, 0.2) is 0 Å². The lowest BCUT2D eigenvalue weighted by Gasteiger charge is -2.32. The summed E-state index contributed by atoms with van der Waals surface area (Å²) in [4.78, 5) is 16.3. The molecule has 1 amide bonds. The van der Waals surface area contributed by atoms with Gasteiger partial charge >= 0.3 is 0 Å². The lowest BCUT2D eigenvalue weighted by atomic mass is 10.1. The zero-order valence-corrected chi connectivity index (χ0v) is 14.5. The molecule has 0 saturated carbocycles. The van der Waals surface area contributed by atoms with E-state index in [2.05, 4.69) is 17.3 Å². The normalized spacial score (nSPS) is 16.0. The maximum Gasteiger partial charge on any atom is 0.223 e. The van der Waals surface area contributed by atoms with E-state index in [4.69, 9.17) is 23.2 Å². The van der Waals surface area contributed by atoms with E-state index in [1.807, 2.05) is 17.0 Å². The van der Waals surface area contributed by atoms with Crippen molar-refractivity contribution in [2.45, 2.75) is 12.8 Å². The molecular weight excluding hydrogens is 321 g/mol. The van der Waals surface area contributed by atoms with Gasteiger partial charge in [-0.1, -0.05) is 29.3 Å². The molecule has 1 aromatic carbocycles. The molecule has 0 atom stereocenters. The number of halogens is 2. The van der Waals surface area contributed by atoms with Crippen LogP contribution in [0.15, 0.2) is 18.2 Å². The molecule has 1 saturated heterocycles. The van der Waals surface area contributed by atoms with Gasteiger partial charge in [-0.2, -0.15) is 0 Å². The number of carbonyl (C=O) groups is 1. The predicted octanol–water partition coefficient (Wildman–Crippen LogP) is 2.29. The van der Waals surface area contributed by atoms with E-state index in [1.165, 1.54) is 0 Å². The van der Waals surface area contributed by atoms with Crippen LogP contribution in [0, 0.1) is 0 Å². The highest BCUT2D eigenvalue weighted by atomic mass is 35.5. The van der Waals surface area contributed by atoms with Crippen LogP contribution in [0.2, 0.25) is 10.0 Å². The number of nitrogens with one attached hydrogen (secondary N) is 1. The molecule has 0 spiro atoms. The molecular formula is C16H23Cl2N3O. The minimum Gasteiger partial charge on any atom is -0.340 e. The SMILES string of the molecule is CN1CCN(C(=O)CCNCCc2ccc(Cl)cc2Cl)CC1. The fourth-order valence-electron chi connectivity index (χ4n) is 2.48. The summed E-state index contributed by atoms with van der Waals surface area (Å²) in [6.45, 7) is 5.13. The summed E-state index contributed by atoms with van der Waals surface area (Å²) in [6, 6.07) is 5.55. The summed E-state index contributed by atoms with van der Waals surface area (Å²) in [5.41, 5.74) is 1.07. The van der Waals surface area contributed by atoms with Crippen LogP contribution in [0.5, 0.6) is 0 Å². The van der Waals surface area contributed by atoms with Crippen molar-refractivity contribution in [1.29, 1.82) is 0 Å². The molecule has 0 aliphatic carbocycles. The van der Waals surface area contributed by atoms with Crippen LogP contribution in [0.1, 0.15) is 12.0 Å². The molecule has 0 aromatic heterocycles. The summed E-state index contributed by atoms with van der Waals surface area (Å²) in [5, 5.41) is 4.65. The van der Waals surface area contributed by atoms with E-state index in [1.54, 1.807) is 6.07 Å². The Hall–Kier alpha value is -0.810. The monoisotopic (exact) mass is 343 g/mol. The van der Waals surface area contributed by atoms with Crippen molar-refractivity contribution in [2.75, 3.05) is 46.3 Å². The molecule has 0 unspecified atom stereocenters. The molecule has 0 radical (unpaired) electrons. The Bertz CT molecular complexity index is 502. The highest BCUT2D eigenvalue weighted by Crippen LogP contribution is 2.20. The number of nitrogens with zero attached hydrogens (tertiary/aromatic N) is 2. The van der Waals surface area contributed by atoms with E-state index in [9.17, 15) is 4.79 Å². The Morgan fingerprint density at radius 2 is 1.91 bits per heavy atom. The second kappa shape index (κ2) is 8.73. The third-order valence-corrected chi connectivity index (χ3v) is 4.54. The van der Waals surface area contributed by atoms with Crippen molar-refractivity contribution in [2.24, 2.45) is 0 Å². The Balaban J connectivity index is 1.62. The van der Waals surface area contributed by atoms with Gasteiger partial charge in [-0.25, -0.2) is 0 Å². The highest BCUT2D eigenvalue weighted by Gasteiger charge is 2.18. The number of benzene rings is 1. The minimum atomic E-state index is 0.241. The Kier molecular flexibility index (Phi) is 6.96. The van der Waals surface area contributed by atoms with Crippen molar-refractivity contribution >= 4 is 29.1 Å². The van der Waals surface area contributed by atoms with Crippen LogP contribution in [0.25, 0.3) is 0 Å². The van der Waals surface area contributed by atoms with E-state index < -0.39 is 0 Å². The molecule has 6 heteroatoms. The number of hydrogen-bond donors (Lipinski definition) is 1. The molecule has 1 aliphatic rings. The van der Waals surface area contributed by atoms with Crippen LogP contribution < -0.4 is 5.32 Å². The molecule has 22 heavy (non-hydrogen) atoms. The molecule has 1 fully saturated rings. The van der Waals surface area contributed by atoms with Crippen molar-refractivity contribution in [3.63, 3.8) is 0 Å². The first kappa shape index (κ1) is 17.5. The Morgan fingerprint density at radius 1 is 1.18 bits per heavy atom. The van der Waals surface area contributed by atoms with Gasteiger partial charge in [-0.3, -0.25) is 4.79 Å². The van der Waals surface area contributed by atoms with Crippen molar-refractivity contribution in [3.8, 4) is 0 Å². The predicted molar refractivity (Wildman–Crippen MR) is 91.7 cm³/mol. The lowest BCUT2D eigenvalue weighted by Crippen LogP contribution is -2.47. The van der Waals surface area contributed by atoms with E-state index >= 15 is 0 Å². The van der Waals surface area contributed by atoms with E-state index in [0.29, 0.717) is 23.0 Å². The van der Waals surface area contributed by atoms with Gasteiger partial charge < -0.3 is 15.1 Å². The fraction of sp³-hybridized carbons (Fsp3) is 0.562. The van der Waals surface area contributed by atoms with Crippen molar-refractivity contribution in [1.82, 2.24) is 15.1 Å². The fourth-order valence-corrected chi connectivity index (χ4v) is 2.98. The number of carbonyl (C=O) groups excluding carboxylic acids is 1. The summed E-state index contributed by atoms with van der Waals surface area (Å²) in [7, 11) is 2.09. The molecule has 4 nitrogen and oxygen atoms in total. The molecule has 1 heterocycles. The average Bonchev–Trinajstić information content (AvgIpc) is 2.49. The topological polar surface area (TPSA) is 35.6 Å². The molecule has 1 aromatic rings. The number of piperazine rings is 1. The number of hydrogen-bond acceptors (Lipinski definition) is 3. The zero-order chi connectivity index (χ0) is 15.9. The van der Waals surface area contributed by atoms with E-state index in [-0.39, 0.29) is 5.91 Å². The van der Waals surface area contributed by atoms with Crippen LogP contribution in [0.3, 0.4) is 0 Å². The smallest absolute Gasteiger partial charge is 0.223 e. The van der Waals surface area contributed by atoms with Gasteiger partial charge in [0.05, 0.1) is 0 Å². The number of likely N-dealkylation sites (N-methyl/N-ethyl adjacent to an activating group) is 1. The first-order chi connectivity index (χ1) is 10.6. The van der Waals surface area contributed by atoms with Crippen LogP contribution in [-0.2, 0) is 11.2 Å². The maximum atomic E-state index is 12.1. The first-order valence-electron chi connectivity index (χ1n) is 7.67. The largest absolute Gasteiger partial charge is 0.340 e. The van der Waals surface area contributed by atoms with Gasteiger partial charge in [-0.15, -0.1) is 0 Å². The first-order valence-corrected chi connectivity index (χ1v) is 8.43. The maximum absolute atomic E-state index is 12.1. The number of rotatable bonds is 6. The highest BCUT2D eigenvalue weighted by molar-refractivity contribution is 6.35. The van der Waals surface area contributed by atoms with Gasteiger partial charge in [0, 0.05) is 49.2 Å². The lowest BCUT2D eigenvalue weighted by molar-refractivity contribution is -0.132. The minimum absolute atomic E-state index is 0.241. The van der Waals surface area contributed by atoms with Crippen LogP contribution in [-0.4, -0.2) is 62.0 Å². The third kappa shape index (κ3) is 5.43. The van der Waals surface area contributed by atoms with Gasteiger partial charge in [0.25, 0.3) is 0 Å². The quantitative estimate of drug-likeness (QED) is 0.805. The summed E-state index contributed by atoms with van der Waals surface area (Å²) in [5.74, 6) is 0.241. The second-order valence-corrected chi connectivity index (χ2v) is 6.51.